The summed E-state index contributed by atoms with van der Waals surface area (Å²) < 4.78 is 44.1. The van der Waals surface area contributed by atoms with Gasteiger partial charge in [-0.25, -0.2) is 4.98 Å². The fourth-order valence-electron chi connectivity index (χ4n) is 2.12. The summed E-state index contributed by atoms with van der Waals surface area (Å²) in [6.07, 6.45) is -2.60. The Hall–Kier alpha value is -1.64. The molecular weight excluding hydrogens is 405 g/mol. The summed E-state index contributed by atoms with van der Waals surface area (Å²) in [6, 6.07) is 8.95. The van der Waals surface area contributed by atoms with Gasteiger partial charge >= 0.3 is 6.18 Å². The minimum atomic E-state index is -4.32. The molecule has 0 unspecified atom stereocenters. The van der Waals surface area contributed by atoms with Crippen molar-refractivity contribution in [3.8, 4) is 10.6 Å². The van der Waals surface area contributed by atoms with E-state index in [-0.39, 0.29) is 0 Å². The first kappa shape index (κ1) is 17.2. The van der Waals surface area contributed by atoms with E-state index in [9.17, 15) is 13.2 Å². The zero-order valence-electron chi connectivity index (χ0n) is 12.2. The summed E-state index contributed by atoms with van der Waals surface area (Å²) >= 11 is 4.72. The molecule has 2 heterocycles. The van der Waals surface area contributed by atoms with E-state index in [0.29, 0.717) is 23.3 Å². The summed E-state index contributed by atoms with van der Waals surface area (Å²) in [5, 5.41) is 3.94. The van der Waals surface area contributed by atoms with E-state index in [2.05, 4.69) is 26.2 Å². The van der Waals surface area contributed by atoms with Crippen molar-refractivity contribution >= 4 is 27.3 Å². The van der Waals surface area contributed by atoms with Gasteiger partial charge in [0.2, 0.25) is 0 Å². The molecule has 3 rings (SSSR count). The Morgan fingerprint density at radius 2 is 2.00 bits per heavy atom. The first-order valence-electron chi connectivity index (χ1n) is 6.99. The normalized spacial score (nSPS) is 11.8. The molecule has 1 N–H and O–H groups in total. The summed E-state index contributed by atoms with van der Waals surface area (Å²) in [4.78, 5) is 5.19. The number of nitrogens with one attached hydrogen (secondary N) is 1. The van der Waals surface area contributed by atoms with E-state index >= 15 is 0 Å². The van der Waals surface area contributed by atoms with Gasteiger partial charge in [0.25, 0.3) is 0 Å². The van der Waals surface area contributed by atoms with Crippen molar-refractivity contribution in [3.63, 3.8) is 0 Å². The number of halogens is 4. The molecule has 0 aliphatic carbocycles. The molecule has 0 spiro atoms. The lowest BCUT2D eigenvalue weighted by Crippen LogP contribution is -2.13. The second-order valence-electron chi connectivity index (χ2n) is 5.02. The van der Waals surface area contributed by atoms with Crippen molar-refractivity contribution in [2.24, 2.45) is 0 Å². The summed E-state index contributed by atoms with van der Waals surface area (Å²) in [7, 11) is 0. The lowest BCUT2D eigenvalue weighted by Gasteiger charge is -2.09. The number of rotatable bonds is 5. The van der Waals surface area contributed by atoms with Crippen molar-refractivity contribution in [1.29, 1.82) is 0 Å². The molecule has 126 valence electrons. The third-order valence-corrected chi connectivity index (χ3v) is 4.67. The van der Waals surface area contributed by atoms with Crippen LogP contribution in [-0.2, 0) is 19.3 Å². The number of aromatic nitrogens is 1. The molecule has 24 heavy (non-hydrogen) atoms. The standard InChI is InChI=1S/C16H12BrF3N2OS/c17-14-5-4-12(23-14)13-8-22-15(24-13)9-21-7-10-2-1-3-11(6-10)16(18,19)20/h1-6,8,21H,7,9H2. The Kier molecular flexibility index (Phi) is 5.07. The third-order valence-electron chi connectivity index (χ3n) is 3.23. The highest BCUT2D eigenvalue weighted by atomic mass is 79.9. The highest BCUT2D eigenvalue weighted by Gasteiger charge is 2.30. The van der Waals surface area contributed by atoms with E-state index in [0.717, 1.165) is 27.8 Å². The number of furan rings is 1. The van der Waals surface area contributed by atoms with E-state index < -0.39 is 11.7 Å². The fraction of sp³-hybridized carbons (Fsp3) is 0.188. The van der Waals surface area contributed by atoms with Gasteiger partial charge < -0.3 is 9.73 Å². The lowest BCUT2D eigenvalue weighted by molar-refractivity contribution is -0.137. The van der Waals surface area contributed by atoms with Gasteiger partial charge in [0.1, 0.15) is 10.8 Å². The van der Waals surface area contributed by atoms with E-state index in [1.807, 2.05) is 6.07 Å². The smallest absolute Gasteiger partial charge is 0.416 e. The summed E-state index contributed by atoms with van der Waals surface area (Å²) in [6.45, 7) is 0.813. The maximum atomic E-state index is 12.7. The molecule has 0 aliphatic heterocycles. The Balaban J connectivity index is 1.58. The van der Waals surface area contributed by atoms with Crippen LogP contribution < -0.4 is 5.32 Å². The Labute approximate surface area is 148 Å². The highest BCUT2D eigenvalue weighted by molar-refractivity contribution is 9.10. The quantitative estimate of drug-likeness (QED) is 0.598. The maximum Gasteiger partial charge on any atom is 0.416 e. The second kappa shape index (κ2) is 7.08. The van der Waals surface area contributed by atoms with Gasteiger partial charge in [-0.15, -0.1) is 11.3 Å². The summed E-state index contributed by atoms with van der Waals surface area (Å²) in [5.41, 5.74) is -0.0571. The average Bonchev–Trinajstić information content (AvgIpc) is 3.16. The van der Waals surface area contributed by atoms with Crippen LogP contribution in [0.2, 0.25) is 0 Å². The molecule has 0 atom stereocenters. The Bertz CT molecular complexity index is 829. The fourth-order valence-corrected chi connectivity index (χ4v) is 3.28. The third kappa shape index (κ3) is 4.25. The van der Waals surface area contributed by atoms with E-state index in [1.54, 1.807) is 18.3 Å². The number of hydrogen-bond donors (Lipinski definition) is 1. The summed E-state index contributed by atoms with van der Waals surface area (Å²) in [5.74, 6) is 0.725. The van der Waals surface area contributed by atoms with Gasteiger partial charge in [-0.3, -0.25) is 0 Å². The predicted molar refractivity (Wildman–Crippen MR) is 89.5 cm³/mol. The van der Waals surface area contributed by atoms with Crippen LogP contribution in [0.15, 0.2) is 51.7 Å². The second-order valence-corrected chi connectivity index (χ2v) is 6.92. The molecule has 3 nitrogen and oxygen atoms in total. The lowest BCUT2D eigenvalue weighted by atomic mass is 10.1. The number of benzene rings is 1. The van der Waals surface area contributed by atoms with Crippen molar-refractivity contribution in [3.05, 3.63) is 63.4 Å². The monoisotopic (exact) mass is 416 g/mol. The Morgan fingerprint density at radius 3 is 2.71 bits per heavy atom. The van der Waals surface area contributed by atoms with Gasteiger partial charge in [-0.2, -0.15) is 13.2 Å². The van der Waals surface area contributed by atoms with Gasteiger partial charge in [0.05, 0.1) is 10.4 Å². The number of alkyl halides is 3. The van der Waals surface area contributed by atoms with Crippen molar-refractivity contribution in [2.75, 3.05) is 0 Å². The number of hydrogen-bond acceptors (Lipinski definition) is 4. The predicted octanol–water partition coefficient (Wildman–Crippen LogP) is 5.47. The van der Waals surface area contributed by atoms with Crippen LogP contribution in [0.1, 0.15) is 16.1 Å². The molecular formula is C16H12BrF3N2OS. The van der Waals surface area contributed by atoms with Crippen LogP contribution in [0.25, 0.3) is 10.6 Å². The van der Waals surface area contributed by atoms with Gasteiger partial charge in [-0.05, 0) is 39.7 Å². The SMILES string of the molecule is FC(F)(F)c1cccc(CNCc2ncc(-c3ccc(Br)o3)s2)c1. The van der Waals surface area contributed by atoms with Crippen LogP contribution >= 0.6 is 27.3 Å². The molecule has 0 fully saturated rings. The molecule has 3 aromatic rings. The van der Waals surface area contributed by atoms with Gasteiger partial charge in [0.15, 0.2) is 4.67 Å². The van der Waals surface area contributed by atoms with E-state index in [1.165, 1.54) is 17.4 Å². The molecule has 0 saturated carbocycles. The van der Waals surface area contributed by atoms with E-state index in [4.69, 9.17) is 4.42 Å². The molecule has 1 aromatic carbocycles. The highest BCUT2D eigenvalue weighted by Crippen LogP contribution is 2.30. The molecule has 0 aliphatic rings. The molecule has 0 amide bonds. The Morgan fingerprint density at radius 1 is 1.17 bits per heavy atom. The van der Waals surface area contributed by atoms with Crippen molar-refractivity contribution < 1.29 is 17.6 Å². The molecule has 8 heteroatoms. The van der Waals surface area contributed by atoms with Crippen LogP contribution in [0.3, 0.4) is 0 Å². The number of thiazole rings is 1. The minimum Gasteiger partial charge on any atom is -0.448 e. The minimum absolute atomic E-state index is 0.338. The van der Waals surface area contributed by atoms with Crippen LogP contribution in [0, 0.1) is 0 Å². The first-order chi connectivity index (χ1) is 11.4. The zero-order valence-corrected chi connectivity index (χ0v) is 14.6. The van der Waals surface area contributed by atoms with Crippen molar-refractivity contribution in [2.45, 2.75) is 19.3 Å². The van der Waals surface area contributed by atoms with Gasteiger partial charge in [-0.1, -0.05) is 18.2 Å². The molecule has 0 bridgehead atoms. The molecule has 0 radical (unpaired) electrons. The topological polar surface area (TPSA) is 38.1 Å². The number of nitrogens with zero attached hydrogens (tertiary/aromatic N) is 1. The largest absolute Gasteiger partial charge is 0.448 e. The maximum absolute atomic E-state index is 12.7. The van der Waals surface area contributed by atoms with Crippen LogP contribution in [0.5, 0.6) is 0 Å². The molecule has 2 aromatic heterocycles. The average molecular weight is 417 g/mol. The van der Waals surface area contributed by atoms with Gasteiger partial charge in [0, 0.05) is 19.3 Å². The molecule has 0 saturated heterocycles. The van der Waals surface area contributed by atoms with Crippen LogP contribution in [-0.4, -0.2) is 4.98 Å². The first-order valence-corrected chi connectivity index (χ1v) is 8.60. The zero-order chi connectivity index (χ0) is 17.2. The van der Waals surface area contributed by atoms with Crippen molar-refractivity contribution in [1.82, 2.24) is 10.3 Å². The van der Waals surface area contributed by atoms with Crippen LogP contribution in [0.4, 0.5) is 13.2 Å².